The molecule has 0 saturated carbocycles. The summed E-state index contributed by atoms with van der Waals surface area (Å²) in [7, 11) is 0. The summed E-state index contributed by atoms with van der Waals surface area (Å²) in [6.07, 6.45) is 0. The van der Waals surface area contributed by atoms with Crippen molar-refractivity contribution in [3.63, 3.8) is 0 Å². The van der Waals surface area contributed by atoms with E-state index in [1.54, 1.807) is 18.2 Å². The van der Waals surface area contributed by atoms with Gasteiger partial charge in [-0.1, -0.05) is 54.6 Å². The number of urea groups is 1. The van der Waals surface area contributed by atoms with Crippen LogP contribution in [0.4, 0.5) is 10.5 Å². The number of esters is 1. The van der Waals surface area contributed by atoms with Crippen LogP contribution < -0.4 is 16.4 Å². The predicted octanol–water partition coefficient (Wildman–Crippen LogP) is 2.23. The first-order chi connectivity index (χ1) is 16.4. The Morgan fingerprint density at radius 3 is 2.15 bits per heavy atom. The maximum Gasteiger partial charge on any atom is 0.340 e. The molecule has 3 aromatic carbocycles. The second-order valence-electron chi connectivity index (χ2n) is 7.45. The van der Waals surface area contributed by atoms with Gasteiger partial charge in [-0.15, -0.1) is 0 Å². The summed E-state index contributed by atoms with van der Waals surface area (Å²) in [5.41, 5.74) is 6.98. The number of hydrogen-bond donors (Lipinski definition) is 3. The summed E-state index contributed by atoms with van der Waals surface area (Å²) in [6, 6.07) is 17.3. The van der Waals surface area contributed by atoms with Gasteiger partial charge in [0.1, 0.15) is 0 Å². The van der Waals surface area contributed by atoms with Crippen LogP contribution in [-0.2, 0) is 16.1 Å². The van der Waals surface area contributed by atoms with E-state index in [1.807, 2.05) is 35.6 Å². The number of amides is 3. The van der Waals surface area contributed by atoms with Gasteiger partial charge in [-0.05, 0) is 17.7 Å². The second-order valence-corrected chi connectivity index (χ2v) is 7.45. The minimum Gasteiger partial charge on any atom is -0.452 e. The Morgan fingerprint density at radius 2 is 1.44 bits per heavy atom. The van der Waals surface area contributed by atoms with Gasteiger partial charge in [0.25, 0.3) is 5.91 Å². The fourth-order valence-electron chi connectivity index (χ4n) is 3.58. The first-order valence-electron chi connectivity index (χ1n) is 10.3. The van der Waals surface area contributed by atoms with Gasteiger partial charge in [-0.25, -0.2) is 9.59 Å². The fraction of sp³-hybridized carbons (Fsp3) is 0.0800. The second kappa shape index (κ2) is 9.37. The third-order valence-electron chi connectivity index (χ3n) is 5.24. The highest BCUT2D eigenvalue weighted by atomic mass is 16.5. The molecule has 0 spiro atoms. The van der Waals surface area contributed by atoms with Crippen molar-refractivity contribution in [1.29, 1.82) is 0 Å². The lowest BCUT2D eigenvalue weighted by Gasteiger charge is -2.20. The van der Waals surface area contributed by atoms with Gasteiger partial charge in [0, 0.05) is 23.2 Å². The molecular formula is C25H19N3O6. The van der Waals surface area contributed by atoms with E-state index < -0.39 is 30.3 Å². The van der Waals surface area contributed by atoms with E-state index in [4.69, 9.17) is 10.5 Å². The van der Waals surface area contributed by atoms with Gasteiger partial charge in [0.2, 0.25) is 0 Å². The molecule has 1 aliphatic carbocycles. The molecule has 3 aromatic rings. The normalized spacial score (nSPS) is 11.8. The molecule has 0 fully saturated rings. The molecule has 4 rings (SSSR count). The number of nitrogen functional groups attached to an aromatic ring is 1. The third-order valence-corrected chi connectivity index (χ3v) is 5.24. The van der Waals surface area contributed by atoms with Gasteiger partial charge >= 0.3 is 12.0 Å². The zero-order valence-electron chi connectivity index (χ0n) is 17.8. The molecule has 3 amide bonds. The Balaban J connectivity index is 1.39. The Morgan fingerprint density at radius 1 is 0.794 bits per heavy atom. The number of benzene rings is 3. The monoisotopic (exact) mass is 457 g/mol. The molecule has 0 bridgehead atoms. The molecule has 0 atom stereocenters. The molecular weight excluding hydrogens is 438 g/mol. The molecule has 9 heteroatoms. The average Bonchev–Trinajstić information content (AvgIpc) is 2.85. The summed E-state index contributed by atoms with van der Waals surface area (Å²) >= 11 is 0. The minimum atomic E-state index is -0.973. The van der Waals surface area contributed by atoms with Crippen molar-refractivity contribution in [3.05, 3.63) is 100 Å². The molecule has 0 aliphatic heterocycles. The van der Waals surface area contributed by atoms with Crippen molar-refractivity contribution < 1.29 is 28.7 Å². The van der Waals surface area contributed by atoms with E-state index in [9.17, 15) is 24.0 Å². The first kappa shape index (κ1) is 22.4. The number of carbonyl (C=O) groups excluding carboxylic acids is 5. The molecule has 170 valence electrons. The topological polar surface area (TPSA) is 145 Å². The first-order valence-corrected chi connectivity index (χ1v) is 10.3. The van der Waals surface area contributed by atoms with Crippen LogP contribution in [0.2, 0.25) is 0 Å². The van der Waals surface area contributed by atoms with Crippen molar-refractivity contribution in [2.24, 2.45) is 0 Å². The lowest BCUT2D eigenvalue weighted by Crippen LogP contribution is -2.41. The molecule has 0 unspecified atom stereocenters. The Bertz CT molecular complexity index is 1330. The standard InChI is InChI=1S/C25H19N3O6/c26-21-18(11-10-17-20(21)23(31)16-9-5-4-8-15(16)22(17)30)24(32)34-13-19(29)28-25(33)27-12-14-6-2-1-3-7-14/h1-11H,12-13,26H2,(H2,27,28,29,33). The summed E-state index contributed by atoms with van der Waals surface area (Å²) in [4.78, 5) is 62.0. The Kier molecular flexibility index (Phi) is 6.18. The van der Waals surface area contributed by atoms with Crippen LogP contribution in [0.5, 0.6) is 0 Å². The van der Waals surface area contributed by atoms with Crippen LogP contribution in [0.15, 0.2) is 66.7 Å². The van der Waals surface area contributed by atoms with Gasteiger partial charge in [-0.3, -0.25) is 19.7 Å². The Hall–Kier alpha value is -4.79. The number of fused-ring (bicyclic) bond motifs is 2. The molecule has 0 heterocycles. The van der Waals surface area contributed by atoms with Crippen LogP contribution >= 0.6 is 0 Å². The number of carbonyl (C=O) groups is 5. The van der Waals surface area contributed by atoms with Gasteiger partial charge in [-0.2, -0.15) is 0 Å². The highest BCUT2D eigenvalue weighted by Crippen LogP contribution is 2.32. The maximum absolute atomic E-state index is 12.9. The summed E-state index contributed by atoms with van der Waals surface area (Å²) < 4.78 is 4.95. The van der Waals surface area contributed by atoms with Crippen LogP contribution in [0.1, 0.15) is 47.8 Å². The van der Waals surface area contributed by atoms with E-state index in [0.717, 1.165) is 5.56 Å². The summed E-state index contributed by atoms with van der Waals surface area (Å²) in [5, 5.41) is 4.56. The molecule has 9 nitrogen and oxygen atoms in total. The molecule has 34 heavy (non-hydrogen) atoms. The van der Waals surface area contributed by atoms with Crippen molar-refractivity contribution in [2.75, 3.05) is 12.3 Å². The van der Waals surface area contributed by atoms with Crippen molar-refractivity contribution >= 4 is 35.2 Å². The lowest BCUT2D eigenvalue weighted by molar-refractivity contribution is -0.123. The number of anilines is 1. The number of nitrogens with two attached hydrogens (primary N) is 1. The van der Waals surface area contributed by atoms with Gasteiger partial charge in [0.05, 0.1) is 16.8 Å². The third kappa shape index (κ3) is 4.40. The number of ether oxygens (including phenoxy) is 1. The Labute approximate surface area is 193 Å². The van der Waals surface area contributed by atoms with Crippen LogP contribution in [-0.4, -0.2) is 36.1 Å². The average molecular weight is 457 g/mol. The van der Waals surface area contributed by atoms with Crippen LogP contribution in [0, 0.1) is 0 Å². The number of nitrogens with one attached hydrogen (secondary N) is 2. The highest BCUT2D eigenvalue weighted by Gasteiger charge is 2.33. The molecule has 1 aliphatic rings. The highest BCUT2D eigenvalue weighted by molar-refractivity contribution is 6.30. The quantitative estimate of drug-likeness (QED) is 0.308. The van der Waals surface area contributed by atoms with E-state index in [-0.39, 0.29) is 45.8 Å². The largest absolute Gasteiger partial charge is 0.452 e. The predicted molar refractivity (Wildman–Crippen MR) is 121 cm³/mol. The summed E-state index contributed by atoms with van der Waals surface area (Å²) in [5.74, 6) is -2.68. The van der Waals surface area contributed by atoms with E-state index >= 15 is 0 Å². The van der Waals surface area contributed by atoms with Crippen LogP contribution in [0.25, 0.3) is 0 Å². The van der Waals surface area contributed by atoms with Crippen molar-refractivity contribution in [1.82, 2.24) is 10.6 Å². The smallest absolute Gasteiger partial charge is 0.340 e. The van der Waals surface area contributed by atoms with Crippen molar-refractivity contribution in [2.45, 2.75) is 6.54 Å². The van der Waals surface area contributed by atoms with Crippen LogP contribution in [0.3, 0.4) is 0 Å². The number of rotatable bonds is 5. The lowest BCUT2D eigenvalue weighted by atomic mass is 9.82. The fourth-order valence-corrected chi connectivity index (χ4v) is 3.58. The minimum absolute atomic E-state index is 0.0807. The van der Waals surface area contributed by atoms with Crippen molar-refractivity contribution in [3.8, 4) is 0 Å². The van der Waals surface area contributed by atoms with Gasteiger partial charge in [0.15, 0.2) is 18.2 Å². The SMILES string of the molecule is Nc1c(C(=O)OCC(=O)NC(=O)NCc2ccccc2)ccc2c1C(=O)c1ccccc1C2=O. The number of hydrogen-bond acceptors (Lipinski definition) is 7. The maximum atomic E-state index is 12.9. The zero-order chi connectivity index (χ0) is 24.2. The number of imide groups is 1. The molecule has 4 N–H and O–H groups in total. The van der Waals surface area contributed by atoms with Gasteiger partial charge < -0.3 is 15.8 Å². The molecule has 0 radical (unpaired) electrons. The zero-order valence-corrected chi connectivity index (χ0v) is 17.8. The molecule has 0 saturated heterocycles. The van der Waals surface area contributed by atoms with E-state index in [2.05, 4.69) is 5.32 Å². The van der Waals surface area contributed by atoms with E-state index in [0.29, 0.717) is 0 Å². The summed E-state index contributed by atoms with van der Waals surface area (Å²) in [6.45, 7) is -0.537. The van der Waals surface area contributed by atoms with E-state index in [1.165, 1.54) is 18.2 Å². The number of ketones is 2. The molecule has 0 aromatic heterocycles.